The third-order valence-corrected chi connectivity index (χ3v) is 6.89. The van der Waals surface area contributed by atoms with Crippen LogP contribution in [0.5, 0.6) is 5.75 Å². The third kappa shape index (κ3) is 7.98. The Hall–Kier alpha value is -3.53. The Morgan fingerprint density at radius 3 is 2.59 bits per heavy atom. The molecule has 2 aromatic rings. The molecule has 0 aliphatic heterocycles. The second kappa shape index (κ2) is 14.3. The van der Waals surface area contributed by atoms with E-state index >= 15 is 0 Å². The van der Waals surface area contributed by atoms with Crippen LogP contribution in [0.15, 0.2) is 41.4 Å². The molecule has 1 aliphatic carbocycles. The molecule has 0 aromatic heterocycles. The highest BCUT2D eigenvalue weighted by Gasteiger charge is 2.19. The number of nitrogens with zero attached hydrogens (tertiary/aromatic N) is 3. The molecule has 0 spiro atoms. The van der Waals surface area contributed by atoms with Crippen molar-refractivity contribution < 1.29 is 14.3 Å². The molecule has 1 aliphatic rings. The van der Waals surface area contributed by atoms with E-state index < -0.39 is 0 Å². The summed E-state index contributed by atoms with van der Waals surface area (Å²) in [6.45, 7) is 15.8. The van der Waals surface area contributed by atoms with Crippen molar-refractivity contribution in [3.05, 3.63) is 64.6 Å². The molecule has 3 rings (SSSR count). The third-order valence-electron chi connectivity index (χ3n) is 6.89. The van der Waals surface area contributed by atoms with Crippen LogP contribution in [-0.4, -0.2) is 43.6 Å². The van der Waals surface area contributed by atoms with E-state index in [0.29, 0.717) is 31.6 Å². The monoisotopic (exact) mass is 504 g/mol. The van der Waals surface area contributed by atoms with Crippen molar-refractivity contribution in [1.29, 1.82) is 0 Å². The second-order valence-electron chi connectivity index (χ2n) is 9.58. The number of esters is 1. The van der Waals surface area contributed by atoms with E-state index in [1.54, 1.807) is 7.11 Å². The van der Waals surface area contributed by atoms with Gasteiger partial charge in [0.15, 0.2) is 0 Å². The number of nitrogens with one attached hydrogen (secondary N) is 1. The predicted octanol–water partition coefficient (Wildman–Crippen LogP) is 5.96. The van der Waals surface area contributed by atoms with Crippen LogP contribution in [0.4, 0.5) is 0 Å². The zero-order valence-corrected chi connectivity index (χ0v) is 22.7. The zero-order chi connectivity index (χ0) is 26.6. The van der Waals surface area contributed by atoms with Gasteiger partial charge in [0.2, 0.25) is 0 Å². The predicted molar refractivity (Wildman–Crippen MR) is 148 cm³/mol. The van der Waals surface area contributed by atoms with Gasteiger partial charge in [-0.15, -0.1) is 0 Å². The molecule has 198 valence electrons. The van der Waals surface area contributed by atoms with Crippen molar-refractivity contribution >= 4 is 11.9 Å². The van der Waals surface area contributed by atoms with Crippen LogP contribution in [0.3, 0.4) is 0 Å². The molecule has 0 saturated heterocycles. The lowest BCUT2D eigenvalue weighted by Gasteiger charge is -2.25. The number of aliphatic imine (C=N–C) groups is 1. The van der Waals surface area contributed by atoms with Crippen molar-refractivity contribution in [2.24, 2.45) is 10.9 Å². The number of carbonyl (C=O) groups is 1. The quantitative estimate of drug-likeness (QED) is 0.142. The van der Waals surface area contributed by atoms with E-state index in [1.807, 2.05) is 25.1 Å². The van der Waals surface area contributed by atoms with E-state index in [0.717, 1.165) is 40.1 Å². The lowest BCUT2D eigenvalue weighted by atomic mass is 9.89. The molecular formula is C30H40N4O3. The van der Waals surface area contributed by atoms with Gasteiger partial charge in [0.25, 0.3) is 5.96 Å². The van der Waals surface area contributed by atoms with E-state index in [2.05, 4.69) is 47.3 Å². The Morgan fingerprint density at radius 2 is 1.92 bits per heavy atom. The molecule has 0 heterocycles. The summed E-state index contributed by atoms with van der Waals surface area (Å²) in [5.41, 5.74) is 7.90. The number of rotatable bonds is 10. The Balaban J connectivity index is 1.94. The highest BCUT2D eigenvalue weighted by molar-refractivity contribution is 5.81. The van der Waals surface area contributed by atoms with Crippen LogP contribution in [-0.2, 0) is 22.5 Å². The van der Waals surface area contributed by atoms with E-state index in [1.165, 1.54) is 32.1 Å². The summed E-state index contributed by atoms with van der Waals surface area (Å²) in [6, 6.07) is 12.2. The van der Waals surface area contributed by atoms with Crippen LogP contribution >= 0.6 is 0 Å². The molecule has 1 saturated carbocycles. The summed E-state index contributed by atoms with van der Waals surface area (Å²) in [5, 5.41) is 0. The van der Waals surface area contributed by atoms with Gasteiger partial charge in [-0.2, -0.15) is 11.5 Å². The first kappa shape index (κ1) is 28.0. The van der Waals surface area contributed by atoms with Gasteiger partial charge >= 0.3 is 5.97 Å². The maximum atomic E-state index is 12.1. The number of aryl methyl sites for hydroxylation is 1. The number of hydrogen-bond donors (Lipinski definition) is 1. The van der Waals surface area contributed by atoms with Gasteiger partial charge in [-0.05, 0) is 68.4 Å². The molecule has 0 atom stereocenters. The maximum Gasteiger partial charge on any atom is 0.310 e. The Bertz CT molecular complexity index is 1120. The molecule has 0 radical (unpaired) electrons. The summed E-state index contributed by atoms with van der Waals surface area (Å²) < 4.78 is 10.9. The van der Waals surface area contributed by atoms with Crippen molar-refractivity contribution in [3.63, 3.8) is 0 Å². The van der Waals surface area contributed by atoms with Crippen LogP contribution in [0.2, 0.25) is 0 Å². The first-order valence-electron chi connectivity index (χ1n) is 13.3. The number of carbonyl (C=O) groups excluding carboxylic acids is 1. The SMILES string of the molecule is [C-]#[N+]NC(=NCC1CCCCC1)N(CC)Cc1cc(C)ccc1-c1cc(CC(=O)OCC)ccc1OC. The molecule has 1 fully saturated rings. The zero-order valence-electron chi connectivity index (χ0n) is 22.7. The lowest BCUT2D eigenvalue weighted by Crippen LogP contribution is -2.38. The van der Waals surface area contributed by atoms with Crippen molar-refractivity contribution in [3.8, 4) is 16.9 Å². The number of guanidine groups is 1. The van der Waals surface area contributed by atoms with Crippen molar-refractivity contribution in [2.45, 2.75) is 65.8 Å². The Labute approximate surface area is 221 Å². The van der Waals surface area contributed by atoms with E-state index in [9.17, 15) is 4.79 Å². The molecule has 7 heteroatoms. The fourth-order valence-electron chi connectivity index (χ4n) is 4.95. The summed E-state index contributed by atoms with van der Waals surface area (Å²) in [5.74, 6) is 1.71. The molecular weight excluding hydrogens is 464 g/mol. The highest BCUT2D eigenvalue weighted by Crippen LogP contribution is 2.35. The lowest BCUT2D eigenvalue weighted by molar-refractivity contribution is -0.142. The van der Waals surface area contributed by atoms with Gasteiger partial charge in [-0.25, -0.2) is 4.99 Å². The van der Waals surface area contributed by atoms with Gasteiger partial charge in [-0.1, -0.05) is 54.5 Å². The second-order valence-corrected chi connectivity index (χ2v) is 9.58. The van der Waals surface area contributed by atoms with Crippen LogP contribution < -0.4 is 10.2 Å². The van der Waals surface area contributed by atoms with Gasteiger partial charge in [0, 0.05) is 25.2 Å². The Morgan fingerprint density at radius 1 is 1.14 bits per heavy atom. The number of benzene rings is 2. The normalized spacial score (nSPS) is 14.1. The van der Waals surface area contributed by atoms with Crippen LogP contribution in [0.25, 0.3) is 16.1 Å². The van der Waals surface area contributed by atoms with Gasteiger partial charge in [0.1, 0.15) is 5.75 Å². The van der Waals surface area contributed by atoms with Crippen LogP contribution in [0.1, 0.15) is 62.6 Å². The average Bonchev–Trinajstić information content (AvgIpc) is 2.90. The molecule has 37 heavy (non-hydrogen) atoms. The summed E-state index contributed by atoms with van der Waals surface area (Å²) in [6.07, 6.45) is 6.49. The highest BCUT2D eigenvalue weighted by atomic mass is 16.5. The minimum absolute atomic E-state index is 0.208. The van der Waals surface area contributed by atoms with E-state index in [-0.39, 0.29) is 12.4 Å². The molecule has 0 bridgehead atoms. The largest absolute Gasteiger partial charge is 0.496 e. The van der Waals surface area contributed by atoms with Gasteiger partial charge in [-0.3, -0.25) is 4.79 Å². The molecule has 1 N–H and O–H groups in total. The topological polar surface area (TPSA) is 67.5 Å². The van der Waals surface area contributed by atoms with Crippen molar-refractivity contribution in [2.75, 3.05) is 26.8 Å². The molecule has 0 unspecified atom stereocenters. The first-order chi connectivity index (χ1) is 18.0. The summed E-state index contributed by atoms with van der Waals surface area (Å²) in [7, 11) is 1.66. The first-order valence-corrected chi connectivity index (χ1v) is 13.3. The number of ether oxygens (including phenoxy) is 2. The van der Waals surface area contributed by atoms with E-state index in [4.69, 9.17) is 21.0 Å². The maximum absolute atomic E-state index is 12.1. The summed E-state index contributed by atoms with van der Waals surface area (Å²) >= 11 is 0. The fourth-order valence-corrected chi connectivity index (χ4v) is 4.95. The Kier molecular flexibility index (Phi) is 10.8. The minimum Gasteiger partial charge on any atom is -0.496 e. The molecule has 0 amide bonds. The summed E-state index contributed by atoms with van der Waals surface area (Å²) in [4.78, 5) is 22.6. The number of hydrogen-bond acceptors (Lipinski definition) is 4. The van der Waals surface area contributed by atoms with Crippen LogP contribution in [0, 0.1) is 19.4 Å². The van der Waals surface area contributed by atoms with Gasteiger partial charge in [0.05, 0.1) is 20.1 Å². The minimum atomic E-state index is -0.246. The fraction of sp³-hybridized carbons (Fsp3) is 0.500. The van der Waals surface area contributed by atoms with Gasteiger partial charge < -0.3 is 14.4 Å². The van der Waals surface area contributed by atoms with Crippen molar-refractivity contribution in [1.82, 2.24) is 10.3 Å². The standard InChI is InChI=1S/C30H40N4O3/c1-6-34(30(33-31-4)32-20-23-11-9-8-10-12-23)21-25-17-22(3)13-15-26(25)27-18-24(14-16-28(27)36-5)19-29(35)37-7-2/h13-18,23H,6-12,19-21H2,1-3,5H3,(H,32,33). The number of methoxy groups -OCH3 is 1. The smallest absolute Gasteiger partial charge is 0.310 e. The molecule has 2 aromatic carbocycles. The molecule has 7 nitrogen and oxygen atoms in total. The average molecular weight is 505 g/mol.